The Bertz CT molecular complexity index is 300. The fraction of sp³-hybridized carbons (Fsp3) is 0.571. The molecule has 0 nitrogen and oxygen atoms in total. The first-order valence-electron chi connectivity index (χ1n) is 6.10. The molecule has 1 unspecified atom stereocenters. The van der Waals surface area contributed by atoms with E-state index < -0.39 is 0 Å². The molecule has 0 aliphatic carbocycles. The van der Waals surface area contributed by atoms with Crippen LogP contribution in [0.2, 0.25) is 10.0 Å². The van der Waals surface area contributed by atoms with Crippen LogP contribution in [0.5, 0.6) is 0 Å². The lowest BCUT2D eigenvalue weighted by molar-refractivity contribution is 0.580. The lowest BCUT2D eigenvalue weighted by Gasteiger charge is -2.15. The van der Waals surface area contributed by atoms with Gasteiger partial charge in [0.1, 0.15) is 0 Å². The van der Waals surface area contributed by atoms with Crippen molar-refractivity contribution in [2.24, 2.45) is 0 Å². The predicted octanol–water partition coefficient (Wildman–Crippen LogP) is 6.07. The zero-order valence-electron chi connectivity index (χ0n) is 10.1. The average Bonchev–Trinajstić information content (AvgIpc) is 2.24. The Kier molecular flexibility index (Phi) is 6.23. The van der Waals surface area contributed by atoms with Gasteiger partial charge in [-0.25, -0.2) is 0 Å². The molecule has 0 spiro atoms. The van der Waals surface area contributed by atoms with E-state index in [0.29, 0.717) is 5.92 Å². The molecule has 1 rings (SSSR count). The van der Waals surface area contributed by atoms with Crippen LogP contribution in [-0.2, 0) is 0 Å². The molecule has 0 N–H and O–H groups in total. The summed E-state index contributed by atoms with van der Waals surface area (Å²) in [6.45, 7) is 4.44. The first-order valence-corrected chi connectivity index (χ1v) is 6.86. The maximum Gasteiger partial charge on any atom is 0.0455 e. The lowest BCUT2D eigenvalue weighted by atomic mass is 9.95. The highest BCUT2D eigenvalue weighted by Crippen LogP contribution is 2.34. The van der Waals surface area contributed by atoms with Gasteiger partial charge in [0.15, 0.2) is 0 Å². The van der Waals surface area contributed by atoms with Gasteiger partial charge in [-0.1, -0.05) is 68.8 Å². The summed E-state index contributed by atoms with van der Waals surface area (Å²) in [7, 11) is 0. The molecule has 0 radical (unpaired) electrons. The molecule has 0 bridgehead atoms. The Morgan fingerprint density at radius 1 is 1.06 bits per heavy atom. The van der Waals surface area contributed by atoms with Crippen molar-refractivity contribution in [1.82, 2.24) is 0 Å². The smallest absolute Gasteiger partial charge is 0.0455 e. The minimum Gasteiger partial charge on any atom is -0.0840 e. The van der Waals surface area contributed by atoms with Crippen LogP contribution in [0.15, 0.2) is 18.2 Å². The van der Waals surface area contributed by atoms with E-state index in [9.17, 15) is 0 Å². The van der Waals surface area contributed by atoms with Crippen molar-refractivity contribution in [2.75, 3.05) is 0 Å². The number of hydrogen-bond donors (Lipinski definition) is 0. The highest BCUT2D eigenvalue weighted by Gasteiger charge is 2.12. The van der Waals surface area contributed by atoms with Crippen molar-refractivity contribution >= 4 is 23.2 Å². The Labute approximate surface area is 109 Å². The SMILES string of the molecule is CCCCCCC(C)c1c(Cl)cccc1Cl. The molecule has 0 aliphatic heterocycles. The van der Waals surface area contributed by atoms with Crippen LogP contribution in [0, 0.1) is 0 Å². The zero-order valence-corrected chi connectivity index (χ0v) is 11.6. The Morgan fingerprint density at radius 2 is 1.69 bits per heavy atom. The van der Waals surface area contributed by atoms with E-state index >= 15 is 0 Å². The van der Waals surface area contributed by atoms with Crippen LogP contribution in [0.3, 0.4) is 0 Å². The summed E-state index contributed by atoms with van der Waals surface area (Å²) in [4.78, 5) is 0. The van der Waals surface area contributed by atoms with Gasteiger partial charge in [-0.2, -0.15) is 0 Å². The maximum absolute atomic E-state index is 6.18. The molecule has 1 atom stereocenters. The third-order valence-electron chi connectivity index (χ3n) is 2.98. The molecule has 0 fully saturated rings. The summed E-state index contributed by atoms with van der Waals surface area (Å²) in [6, 6.07) is 5.74. The molecule has 1 aromatic carbocycles. The van der Waals surface area contributed by atoms with Gasteiger partial charge in [-0.3, -0.25) is 0 Å². The molecule has 0 saturated heterocycles. The van der Waals surface area contributed by atoms with E-state index in [1.54, 1.807) is 0 Å². The summed E-state index contributed by atoms with van der Waals surface area (Å²) < 4.78 is 0. The second kappa shape index (κ2) is 7.19. The number of unbranched alkanes of at least 4 members (excludes halogenated alkanes) is 3. The largest absolute Gasteiger partial charge is 0.0840 e. The molecular weight excluding hydrogens is 239 g/mol. The van der Waals surface area contributed by atoms with E-state index in [2.05, 4.69) is 13.8 Å². The summed E-state index contributed by atoms with van der Waals surface area (Å²) in [5, 5.41) is 1.60. The first kappa shape index (κ1) is 13.9. The highest BCUT2D eigenvalue weighted by atomic mass is 35.5. The second-order valence-corrected chi connectivity index (χ2v) is 5.20. The summed E-state index contributed by atoms with van der Waals surface area (Å²) in [6.07, 6.45) is 6.34. The molecule has 90 valence electrons. The molecule has 0 saturated carbocycles. The highest BCUT2D eigenvalue weighted by molar-refractivity contribution is 6.36. The standard InChI is InChI=1S/C14H20Cl2/c1-3-4-5-6-8-11(2)14-12(15)9-7-10-13(14)16/h7,9-11H,3-6,8H2,1-2H3. The van der Waals surface area contributed by atoms with Gasteiger partial charge in [0.2, 0.25) is 0 Å². The maximum atomic E-state index is 6.18. The minimum absolute atomic E-state index is 0.457. The zero-order chi connectivity index (χ0) is 12.0. The Morgan fingerprint density at radius 3 is 2.25 bits per heavy atom. The number of rotatable bonds is 6. The van der Waals surface area contributed by atoms with Crippen molar-refractivity contribution in [2.45, 2.75) is 51.9 Å². The number of hydrogen-bond acceptors (Lipinski definition) is 0. The fourth-order valence-electron chi connectivity index (χ4n) is 2.00. The van der Waals surface area contributed by atoms with Crippen molar-refractivity contribution in [1.29, 1.82) is 0 Å². The topological polar surface area (TPSA) is 0 Å². The molecular formula is C14H20Cl2. The normalized spacial score (nSPS) is 12.8. The fourth-order valence-corrected chi connectivity index (χ4v) is 2.77. The van der Waals surface area contributed by atoms with Crippen LogP contribution in [0.25, 0.3) is 0 Å². The summed E-state index contributed by atoms with van der Waals surface area (Å²) in [5.41, 5.74) is 1.11. The van der Waals surface area contributed by atoms with Crippen LogP contribution in [-0.4, -0.2) is 0 Å². The van der Waals surface area contributed by atoms with Crippen molar-refractivity contribution < 1.29 is 0 Å². The van der Waals surface area contributed by atoms with E-state index in [4.69, 9.17) is 23.2 Å². The quantitative estimate of drug-likeness (QED) is 0.544. The molecule has 16 heavy (non-hydrogen) atoms. The molecule has 0 aromatic heterocycles. The van der Waals surface area contributed by atoms with Crippen LogP contribution >= 0.6 is 23.2 Å². The minimum atomic E-state index is 0.457. The van der Waals surface area contributed by atoms with Gasteiger partial charge in [0, 0.05) is 10.0 Å². The van der Waals surface area contributed by atoms with Gasteiger partial charge >= 0.3 is 0 Å². The molecule has 0 aliphatic rings. The van der Waals surface area contributed by atoms with E-state index in [-0.39, 0.29) is 0 Å². The Balaban J connectivity index is 2.55. The van der Waals surface area contributed by atoms with Crippen LogP contribution < -0.4 is 0 Å². The Hall–Kier alpha value is -0.200. The second-order valence-electron chi connectivity index (χ2n) is 4.39. The van der Waals surface area contributed by atoms with Crippen LogP contribution in [0.4, 0.5) is 0 Å². The average molecular weight is 259 g/mol. The van der Waals surface area contributed by atoms with Crippen LogP contribution in [0.1, 0.15) is 57.4 Å². The van der Waals surface area contributed by atoms with Gasteiger partial charge in [0.25, 0.3) is 0 Å². The third-order valence-corrected chi connectivity index (χ3v) is 3.64. The molecule has 2 heteroatoms. The van der Waals surface area contributed by atoms with Gasteiger partial charge in [-0.05, 0) is 30.0 Å². The monoisotopic (exact) mass is 258 g/mol. The van der Waals surface area contributed by atoms with Gasteiger partial charge < -0.3 is 0 Å². The summed E-state index contributed by atoms with van der Waals surface area (Å²) in [5.74, 6) is 0.457. The predicted molar refractivity (Wildman–Crippen MR) is 73.6 cm³/mol. The van der Waals surface area contributed by atoms with Gasteiger partial charge in [0.05, 0.1) is 0 Å². The number of halogens is 2. The van der Waals surface area contributed by atoms with Crippen molar-refractivity contribution in [3.63, 3.8) is 0 Å². The third kappa shape index (κ3) is 3.99. The van der Waals surface area contributed by atoms with E-state index in [1.165, 1.54) is 32.1 Å². The molecule has 0 amide bonds. The van der Waals surface area contributed by atoms with E-state index in [1.807, 2.05) is 18.2 Å². The van der Waals surface area contributed by atoms with Crippen molar-refractivity contribution in [3.05, 3.63) is 33.8 Å². The van der Waals surface area contributed by atoms with Crippen molar-refractivity contribution in [3.8, 4) is 0 Å². The number of benzene rings is 1. The van der Waals surface area contributed by atoms with Gasteiger partial charge in [-0.15, -0.1) is 0 Å². The first-order chi connectivity index (χ1) is 7.66. The lowest BCUT2D eigenvalue weighted by Crippen LogP contribution is -1.96. The van der Waals surface area contributed by atoms with E-state index in [0.717, 1.165) is 15.6 Å². The molecule has 0 heterocycles. The molecule has 1 aromatic rings. The summed E-state index contributed by atoms with van der Waals surface area (Å²) >= 11 is 12.4.